The van der Waals surface area contributed by atoms with E-state index in [0.29, 0.717) is 5.02 Å². The molecule has 4 heteroatoms. The predicted molar refractivity (Wildman–Crippen MR) is 78.2 cm³/mol. The first kappa shape index (κ1) is 14.4. The van der Waals surface area contributed by atoms with Crippen molar-refractivity contribution in [1.29, 1.82) is 0 Å². The van der Waals surface area contributed by atoms with Gasteiger partial charge in [0.1, 0.15) is 0 Å². The van der Waals surface area contributed by atoms with Crippen LogP contribution in [0.5, 0.6) is 0 Å². The molecule has 2 atom stereocenters. The first-order valence-electron chi connectivity index (χ1n) is 6.78. The van der Waals surface area contributed by atoms with Crippen LogP contribution in [-0.2, 0) is 4.79 Å². The largest absolute Gasteiger partial charge is 0.349 e. The van der Waals surface area contributed by atoms with Gasteiger partial charge in [-0.15, -0.1) is 0 Å². The Bertz CT molecular complexity index is 438. The van der Waals surface area contributed by atoms with Crippen LogP contribution in [0.2, 0.25) is 5.02 Å². The maximum absolute atomic E-state index is 12.4. The quantitative estimate of drug-likeness (QED) is 0.894. The van der Waals surface area contributed by atoms with Crippen LogP contribution >= 0.6 is 11.6 Å². The summed E-state index contributed by atoms with van der Waals surface area (Å²) in [6.07, 6.45) is 2.00. The van der Waals surface area contributed by atoms with Crippen molar-refractivity contribution < 1.29 is 4.79 Å². The highest BCUT2D eigenvalue weighted by Crippen LogP contribution is 2.27. The van der Waals surface area contributed by atoms with Crippen molar-refractivity contribution in [2.24, 2.45) is 5.41 Å². The van der Waals surface area contributed by atoms with Crippen molar-refractivity contribution in [2.45, 2.75) is 32.7 Å². The number of carbonyl (C=O) groups is 1. The van der Waals surface area contributed by atoms with Gasteiger partial charge in [0.05, 0.1) is 11.5 Å². The molecule has 19 heavy (non-hydrogen) atoms. The lowest BCUT2D eigenvalue weighted by Crippen LogP contribution is -2.49. The van der Waals surface area contributed by atoms with Crippen LogP contribution in [0, 0.1) is 5.41 Å². The van der Waals surface area contributed by atoms with Gasteiger partial charge in [-0.2, -0.15) is 0 Å². The molecule has 1 heterocycles. The van der Waals surface area contributed by atoms with Gasteiger partial charge in [-0.25, -0.2) is 0 Å². The van der Waals surface area contributed by atoms with Crippen LogP contribution in [-0.4, -0.2) is 19.0 Å². The van der Waals surface area contributed by atoms with Gasteiger partial charge in [0, 0.05) is 11.6 Å². The number of nitrogens with one attached hydrogen (secondary N) is 2. The van der Waals surface area contributed by atoms with Crippen molar-refractivity contribution in [1.82, 2.24) is 10.6 Å². The molecule has 0 aliphatic carbocycles. The second kappa shape index (κ2) is 5.93. The third-order valence-corrected chi connectivity index (χ3v) is 4.12. The molecular formula is C15H21ClN2O. The summed E-state index contributed by atoms with van der Waals surface area (Å²) < 4.78 is 0. The molecule has 1 aromatic rings. The zero-order valence-electron chi connectivity index (χ0n) is 11.5. The summed E-state index contributed by atoms with van der Waals surface area (Å²) in [6.45, 7) is 5.80. The zero-order valence-corrected chi connectivity index (χ0v) is 12.3. The minimum absolute atomic E-state index is 0.00326. The summed E-state index contributed by atoms with van der Waals surface area (Å²) >= 11 is 5.87. The smallest absolute Gasteiger partial charge is 0.227 e. The number of benzene rings is 1. The monoisotopic (exact) mass is 280 g/mol. The number of piperidine rings is 1. The number of carbonyl (C=O) groups excluding carboxylic acids is 1. The fraction of sp³-hybridized carbons (Fsp3) is 0.533. The molecule has 0 aromatic heterocycles. The Labute approximate surface area is 119 Å². The van der Waals surface area contributed by atoms with E-state index in [1.165, 1.54) is 0 Å². The van der Waals surface area contributed by atoms with Crippen molar-refractivity contribution >= 4 is 17.5 Å². The second-order valence-corrected chi connectivity index (χ2v) is 6.02. The SMILES string of the molecule is CC(NC(=O)C1(C)CCCNC1)c1ccc(Cl)cc1. The molecule has 2 N–H and O–H groups in total. The molecule has 0 bridgehead atoms. The Hall–Kier alpha value is -1.06. The van der Waals surface area contributed by atoms with Crippen molar-refractivity contribution in [3.8, 4) is 0 Å². The number of hydrogen-bond acceptors (Lipinski definition) is 2. The normalized spacial score (nSPS) is 24.8. The zero-order chi connectivity index (χ0) is 13.9. The van der Waals surface area contributed by atoms with Crippen LogP contribution in [0.1, 0.15) is 38.3 Å². The van der Waals surface area contributed by atoms with Gasteiger partial charge in [-0.05, 0) is 50.9 Å². The topological polar surface area (TPSA) is 41.1 Å². The molecule has 1 amide bonds. The minimum Gasteiger partial charge on any atom is -0.349 e. The van der Waals surface area contributed by atoms with Gasteiger partial charge in [0.2, 0.25) is 5.91 Å². The average Bonchev–Trinajstić information content (AvgIpc) is 2.40. The highest BCUT2D eigenvalue weighted by atomic mass is 35.5. The molecule has 0 saturated carbocycles. The van der Waals surface area contributed by atoms with E-state index in [4.69, 9.17) is 11.6 Å². The van der Waals surface area contributed by atoms with E-state index in [0.717, 1.165) is 31.5 Å². The predicted octanol–water partition coefficient (Wildman–Crippen LogP) is 2.91. The van der Waals surface area contributed by atoms with E-state index in [1.807, 2.05) is 38.1 Å². The highest BCUT2D eigenvalue weighted by molar-refractivity contribution is 6.30. The maximum Gasteiger partial charge on any atom is 0.227 e. The molecule has 0 spiro atoms. The van der Waals surface area contributed by atoms with Gasteiger partial charge >= 0.3 is 0 Å². The Morgan fingerprint density at radius 3 is 2.68 bits per heavy atom. The van der Waals surface area contributed by atoms with Gasteiger partial charge in [-0.1, -0.05) is 23.7 Å². The van der Waals surface area contributed by atoms with E-state index < -0.39 is 0 Å². The summed E-state index contributed by atoms with van der Waals surface area (Å²) in [5.74, 6) is 0.127. The Balaban J connectivity index is 2.00. The average molecular weight is 281 g/mol. The molecule has 1 saturated heterocycles. The maximum atomic E-state index is 12.4. The molecule has 1 aliphatic heterocycles. The van der Waals surface area contributed by atoms with Crippen LogP contribution < -0.4 is 10.6 Å². The van der Waals surface area contributed by atoms with E-state index in [9.17, 15) is 4.79 Å². The van der Waals surface area contributed by atoms with Gasteiger partial charge in [0.25, 0.3) is 0 Å². The third-order valence-electron chi connectivity index (χ3n) is 3.86. The Morgan fingerprint density at radius 1 is 1.42 bits per heavy atom. The van der Waals surface area contributed by atoms with Crippen molar-refractivity contribution in [3.05, 3.63) is 34.9 Å². The standard InChI is InChI=1S/C15H21ClN2O/c1-11(12-4-6-13(16)7-5-12)18-14(19)15(2)8-3-9-17-10-15/h4-7,11,17H,3,8-10H2,1-2H3,(H,18,19). The number of hydrogen-bond donors (Lipinski definition) is 2. The molecular weight excluding hydrogens is 260 g/mol. The number of halogens is 1. The summed E-state index contributed by atoms with van der Waals surface area (Å²) in [6, 6.07) is 7.61. The van der Waals surface area contributed by atoms with Crippen LogP contribution in [0.25, 0.3) is 0 Å². The summed E-state index contributed by atoms with van der Waals surface area (Å²) in [5, 5.41) is 7.12. The van der Waals surface area contributed by atoms with Gasteiger partial charge < -0.3 is 10.6 Å². The molecule has 2 unspecified atom stereocenters. The van der Waals surface area contributed by atoms with Crippen molar-refractivity contribution in [3.63, 3.8) is 0 Å². The van der Waals surface area contributed by atoms with Crippen LogP contribution in [0.15, 0.2) is 24.3 Å². The van der Waals surface area contributed by atoms with E-state index in [-0.39, 0.29) is 17.4 Å². The molecule has 0 radical (unpaired) electrons. The Morgan fingerprint density at radius 2 is 2.11 bits per heavy atom. The number of rotatable bonds is 3. The minimum atomic E-state index is -0.293. The van der Waals surface area contributed by atoms with E-state index in [1.54, 1.807) is 0 Å². The second-order valence-electron chi connectivity index (χ2n) is 5.59. The molecule has 1 aromatic carbocycles. The fourth-order valence-corrected chi connectivity index (χ4v) is 2.58. The Kier molecular flexibility index (Phi) is 4.48. The molecule has 2 rings (SSSR count). The lowest BCUT2D eigenvalue weighted by Gasteiger charge is -2.33. The van der Waals surface area contributed by atoms with Crippen LogP contribution in [0.4, 0.5) is 0 Å². The third kappa shape index (κ3) is 3.48. The van der Waals surface area contributed by atoms with E-state index >= 15 is 0 Å². The van der Waals surface area contributed by atoms with Gasteiger partial charge in [0.15, 0.2) is 0 Å². The molecule has 1 aliphatic rings. The first-order valence-corrected chi connectivity index (χ1v) is 7.16. The molecule has 1 fully saturated rings. The van der Waals surface area contributed by atoms with Crippen molar-refractivity contribution in [2.75, 3.05) is 13.1 Å². The first-order chi connectivity index (χ1) is 9.01. The van der Waals surface area contributed by atoms with E-state index in [2.05, 4.69) is 10.6 Å². The molecule has 104 valence electrons. The number of amides is 1. The summed E-state index contributed by atoms with van der Waals surface area (Å²) in [5.41, 5.74) is 0.781. The van der Waals surface area contributed by atoms with Gasteiger partial charge in [-0.3, -0.25) is 4.79 Å². The van der Waals surface area contributed by atoms with Crippen LogP contribution in [0.3, 0.4) is 0 Å². The highest BCUT2D eigenvalue weighted by Gasteiger charge is 2.35. The summed E-state index contributed by atoms with van der Waals surface area (Å²) in [7, 11) is 0. The molecule has 3 nitrogen and oxygen atoms in total. The lowest BCUT2D eigenvalue weighted by molar-refractivity contribution is -0.131. The fourth-order valence-electron chi connectivity index (χ4n) is 2.46. The summed E-state index contributed by atoms with van der Waals surface area (Å²) in [4.78, 5) is 12.4. The lowest BCUT2D eigenvalue weighted by atomic mass is 9.81.